The Bertz CT molecular complexity index is 766. The van der Waals surface area contributed by atoms with Crippen LogP contribution in [0, 0.1) is 0 Å². The highest BCUT2D eigenvalue weighted by molar-refractivity contribution is 5.75. The highest BCUT2D eigenvalue weighted by Crippen LogP contribution is 2.15. The number of rotatable bonds is 12. The van der Waals surface area contributed by atoms with Crippen molar-refractivity contribution in [1.29, 1.82) is 0 Å². The summed E-state index contributed by atoms with van der Waals surface area (Å²) < 4.78 is 0. The van der Waals surface area contributed by atoms with Gasteiger partial charge in [-0.3, -0.25) is 0 Å². The first kappa shape index (κ1) is 22.2. The van der Waals surface area contributed by atoms with E-state index in [0.29, 0.717) is 30.9 Å². The topological polar surface area (TPSA) is 130 Å². The largest absolute Gasteiger partial charge is 0.370 e. The van der Waals surface area contributed by atoms with E-state index in [2.05, 4.69) is 56.2 Å². The smallest absolute Gasteiger partial charge is 0.231 e. The Morgan fingerprint density at radius 2 is 1.55 bits per heavy atom. The summed E-state index contributed by atoms with van der Waals surface area (Å²) in [5.41, 5.74) is 12.9. The molecule has 0 aliphatic rings. The van der Waals surface area contributed by atoms with Gasteiger partial charge in [0.25, 0.3) is 0 Å². The number of guanidine groups is 1. The average Bonchev–Trinajstić information content (AvgIpc) is 2.72. The molecule has 0 saturated carbocycles. The summed E-state index contributed by atoms with van der Waals surface area (Å²) in [7, 11) is 0. The van der Waals surface area contributed by atoms with Crippen LogP contribution in [0.15, 0.2) is 29.3 Å². The van der Waals surface area contributed by atoms with E-state index in [1.165, 1.54) is 0 Å². The molecular formula is C20H33N9. The molecule has 0 saturated heterocycles. The molecule has 0 aliphatic heterocycles. The second-order valence-electron chi connectivity index (χ2n) is 6.65. The Hall–Kier alpha value is -3.10. The number of nitrogens with one attached hydrogen (secondary N) is 2. The van der Waals surface area contributed by atoms with E-state index in [1.54, 1.807) is 0 Å². The van der Waals surface area contributed by atoms with Crippen molar-refractivity contribution in [2.45, 2.75) is 46.7 Å². The summed E-state index contributed by atoms with van der Waals surface area (Å²) in [5.74, 6) is 1.94. The van der Waals surface area contributed by atoms with Crippen LogP contribution in [0.5, 0.6) is 0 Å². The molecule has 2 aromatic rings. The van der Waals surface area contributed by atoms with Crippen molar-refractivity contribution in [3.8, 4) is 0 Å². The minimum atomic E-state index is 0.0953. The van der Waals surface area contributed by atoms with Gasteiger partial charge in [0.05, 0.1) is 6.54 Å². The summed E-state index contributed by atoms with van der Waals surface area (Å²) in [6.07, 6.45) is 2.19. The molecular weight excluding hydrogens is 366 g/mol. The Morgan fingerprint density at radius 3 is 2.14 bits per heavy atom. The fraction of sp³-hybridized carbons (Fsp3) is 0.500. The van der Waals surface area contributed by atoms with E-state index < -0.39 is 0 Å². The zero-order valence-electron chi connectivity index (χ0n) is 17.6. The number of nitrogens with two attached hydrogens (primary N) is 2. The van der Waals surface area contributed by atoms with Gasteiger partial charge in [-0.25, -0.2) is 4.99 Å². The van der Waals surface area contributed by atoms with Crippen molar-refractivity contribution in [1.82, 2.24) is 15.0 Å². The quantitative estimate of drug-likeness (QED) is 0.243. The SMILES string of the molecule is CCCCNc1nc(NCc2ccc(CN=C(N)N)cc2)nc(N(CC)CC)n1. The van der Waals surface area contributed by atoms with Crippen LogP contribution in [0.4, 0.5) is 17.8 Å². The van der Waals surface area contributed by atoms with Gasteiger partial charge in [0.15, 0.2) is 5.96 Å². The van der Waals surface area contributed by atoms with Crippen molar-refractivity contribution in [3.05, 3.63) is 35.4 Å². The molecule has 9 heteroatoms. The summed E-state index contributed by atoms with van der Waals surface area (Å²) in [5, 5.41) is 6.60. The molecule has 0 spiro atoms. The van der Waals surface area contributed by atoms with E-state index in [0.717, 1.165) is 43.6 Å². The number of nitrogens with zero attached hydrogens (tertiary/aromatic N) is 5. The Labute approximate surface area is 173 Å². The number of anilines is 3. The molecule has 1 heterocycles. The predicted octanol–water partition coefficient (Wildman–Crippen LogP) is 2.32. The minimum Gasteiger partial charge on any atom is -0.370 e. The van der Waals surface area contributed by atoms with Gasteiger partial charge in [0.1, 0.15) is 0 Å². The van der Waals surface area contributed by atoms with Crippen LogP contribution in [0.1, 0.15) is 44.7 Å². The highest BCUT2D eigenvalue weighted by atomic mass is 15.3. The number of hydrogen-bond donors (Lipinski definition) is 4. The third kappa shape index (κ3) is 7.44. The molecule has 0 amide bonds. The lowest BCUT2D eigenvalue weighted by Crippen LogP contribution is -2.25. The summed E-state index contributed by atoms with van der Waals surface area (Å²) in [6.45, 7) is 9.95. The van der Waals surface area contributed by atoms with E-state index in [1.807, 2.05) is 24.3 Å². The van der Waals surface area contributed by atoms with Gasteiger partial charge in [0, 0.05) is 26.2 Å². The second kappa shape index (κ2) is 11.7. The monoisotopic (exact) mass is 399 g/mol. The van der Waals surface area contributed by atoms with Crippen molar-refractivity contribution >= 4 is 23.8 Å². The number of benzene rings is 1. The molecule has 0 atom stereocenters. The Morgan fingerprint density at radius 1 is 0.931 bits per heavy atom. The first-order chi connectivity index (χ1) is 14.0. The molecule has 1 aromatic heterocycles. The van der Waals surface area contributed by atoms with Crippen molar-refractivity contribution in [2.24, 2.45) is 16.5 Å². The Kier molecular flexibility index (Phi) is 8.94. The molecule has 6 N–H and O–H groups in total. The van der Waals surface area contributed by atoms with Gasteiger partial charge in [-0.2, -0.15) is 15.0 Å². The predicted molar refractivity (Wildman–Crippen MR) is 120 cm³/mol. The lowest BCUT2D eigenvalue weighted by molar-refractivity contribution is 0.799. The number of unbranched alkanes of at least 4 members (excludes halogenated alkanes) is 1. The van der Waals surface area contributed by atoms with Gasteiger partial charge in [0.2, 0.25) is 17.8 Å². The standard InChI is InChI=1S/C20H33N9/c1-4-7-12-23-18-26-19(28-20(27-18)29(5-2)6-3)25-14-16-10-8-15(9-11-16)13-24-17(21)22/h8-11H,4-7,12-14H2,1-3H3,(H4,21,22,24)(H2,23,25,26,27,28). The van der Waals surface area contributed by atoms with Gasteiger partial charge in [-0.05, 0) is 31.4 Å². The van der Waals surface area contributed by atoms with E-state index in [9.17, 15) is 0 Å². The van der Waals surface area contributed by atoms with Gasteiger partial charge in [-0.15, -0.1) is 0 Å². The van der Waals surface area contributed by atoms with Gasteiger partial charge >= 0.3 is 0 Å². The normalized spacial score (nSPS) is 10.4. The number of aromatic nitrogens is 3. The first-order valence-electron chi connectivity index (χ1n) is 10.2. The van der Waals surface area contributed by atoms with Crippen LogP contribution in [0.2, 0.25) is 0 Å². The minimum absolute atomic E-state index is 0.0953. The molecule has 29 heavy (non-hydrogen) atoms. The van der Waals surface area contributed by atoms with E-state index >= 15 is 0 Å². The van der Waals surface area contributed by atoms with Crippen molar-refractivity contribution in [2.75, 3.05) is 35.2 Å². The molecule has 9 nitrogen and oxygen atoms in total. The summed E-state index contributed by atoms with van der Waals surface area (Å²) in [6, 6.07) is 8.10. The average molecular weight is 400 g/mol. The molecule has 158 valence electrons. The summed E-state index contributed by atoms with van der Waals surface area (Å²) >= 11 is 0. The third-order valence-corrected chi connectivity index (χ3v) is 4.40. The second-order valence-corrected chi connectivity index (χ2v) is 6.65. The number of hydrogen-bond acceptors (Lipinski definition) is 7. The van der Waals surface area contributed by atoms with Crippen LogP contribution in [-0.2, 0) is 13.1 Å². The van der Waals surface area contributed by atoms with Crippen molar-refractivity contribution < 1.29 is 0 Å². The molecule has 2 rings (SSSR count). The molecule has 0 bridgehead atoms. The highest BCUT2D eigenvalue weighted by Gasteiger charge is 2.11. The first-order valence-corrected chi connectivity index (χ1v) is 10.2. The number of aliphatic imine (C=N–C) groups is 1. The molecule has 0 radical (unpaired) electrons. The maximum atomic E-state index is 5.38. The van der Waals surface area contributed by atoms with Crippen LogP contribution in [0.25, 0.3) is 0 Å². The molecule has 0 fully saturated rings. The summed E-state index contributed by atoms with van der Waals surface area (Å²) in [4.78, 5) is 19.8. The zero-order chi connectivity index (χ0) is 21.1. The molecule has 0 aliphatic carbocycles. The Balaban J connectivity index is 2.08. The van der Waals surface area contributed by atoms with Crippen LogP contribution in [-0.4, -0.2) is 40.5 Å². The van der Waals surface area contributed by atoms with Crippen molar-refractivity contribution in [3.63, 3.8) is 0 Å². The maximum Gasteiger partial charge on any atom is 0.231 e. The van der Waals surface area contributed by atoms with Crippen LogP contribution in [0.3, 0.4) is 0 Å². The van der Waals surface area contributed by atoms with Gasteiger partial charge in [-0.1, -0.05) is 37.6 Å². The maximum absolute atomic E-state index is 5.38. The molecule has 0 unspecified atom stereocenters. The zero-order valence-corrected chi connectivity index (χ0v) is 17.6. The van der Waals surface area contributed by atoms with E-state index in [4.69, 9.17) is 11.5 Å². The lowest BCUT2D eigenvalue weighted by atomic mass is 10.1. The van der Waals surface area contributed by atoms with Crippen LogP contribution < -0.4 is 27.0 Å². The third-order valence-electron chi connectivity index (χ3n) is 4.40. The lowest BCUT2D eigenvalue weighted by Gasteiger charge is -2.20. The fourth-order valence-electron chi connectivity index (χ4n) is 2.67. The fourth-order valence-corrected chi connectivity index (χ4v) is 2.67. The van der Waals surface area contributed by atoms with Gasteiger partial charge < -0.3 is 27.0 Å². The van der Waals surface area contributed by atoms with Crippen LogP contribution >= 0.6 is 0 Å². The van der Waals surface area contributed by atoms with E-state index in [-0.39, 0.29) is 5.96 Å². The molecule has 1 aromatic carbocycles.